The van der Waals surface area contributed by atoms with Crippen LogP contribution in [0.1, 0.15) is 96.4 Å². The fourth-order valence-corrected chi connectivity index (χ4v) is 14.2. The highest BCUT2D eigenvalue weighted by Gasteiger charge is 2.42. The van der Waals surface area contributed by atoms with Crippen molar-refractivity contribution in [2.45, 2.75) is 140 Å². The van der Waals surface area contributed by atoms with Crippen LogP contribution in [0.3, 0.4) is 0 Å². The van der Waals surface area contributed by atoms with Crippen LogP contribution in [0.15, 0.2) is 72.8 Å². The number of ether oxygens (including phenoxy) is 4. The molecule has 6 rings (SSSR count). The molecule has 3 aromatic rings. The van der Waals surface area contributed by atoms with E-state index in [2.05, 4.69) is 95.5 Å². The number of nitrogens with one attached hydrogen (secondary N) is 4. The Morgan fingerprint density at radius 3 is 1.30 bits per heavy atom. The van der Waals surface area contributed by atoms with Gasteiger partial charge in [0.15, 0.2) is 0 Å². The topological polar surface area (TPSA) is 197 Å². The number of carbonyl (C=O) groups excluding carboxylic acids is 6. The Balaban J connectivity index is 1.20. The van der Waals surface area contributed by atoms with Crippen LogP contribution < -0.4 is 31.4 Å². The molecule has 3 aromatic carbocycles. The van der Waals surface area contributed by atoms with Gasteiger partial charge in [-0.15, -0.1) is 0 Å². The molecular weight excluding hydrogens is 911 g/mol. The SMILES string of the molecule is CC[Si](CC)(CC)c1ccc(N2[C@H](c3ccc(NC(=O)[C@@H]4CCCN4C(=O)[C@@H](NC(=O)OC)[C@@H](C)OC)cc3)CC[C@H]2c2ccc(NC(=O)[C@@H]3CCCN3C(=O)[C@@H](NC(=O)OC)[C@@H](C)OC)cc2)cc1. The number of rotatable bonds is 19. The third kappa shape index (κ3) is 11.8. The molecule has 3 aliphatic rings. The first-order chi connectivity index (χ1) is 33.7. The highest BCUT2D eigenvalue weighted by molar-refractivity contribution is 6.91. The van der Waals surface area contributed by atoms with E-state index < -0.39 is 68.5 Å². The minimum atomic E-state index is -1.63. The minimum Gasteiger partial charge on any atom is -0.453 e. The number of amides is 6. The second-order valence-electron chi connectivity index (χ2n) is 18.6. The van der Waals surface area contributed by atoms with Gasteiger partial charge in [-0.25, -0.2) is 9.59 Å². The van der Waals surface area contributed by atoms with Crippen molar-refractivity contribution in [2.75, 3.05) is 57.1 Å². The smallest absolute Gasteiger partial charge is 0.407 e. The summed E-state index contributed by atoms with van der Waals surface area (Å²) in [5, 5.41) is 12.7. The van der Waals surface area contributed by atoms with Gasteiger partial charge in [0.1, 0.15) is 24.2 Å². The molecule has 0 unspecified atom stereocenters. The zero-order valence-electron chi connectivity index (χ0n) is 42.2. The molecule has 3 heterocycles. The van der Waals surface area contributed by atoms with E-state index in [0.717, 1.165) is 29.7 Å². The molecule has 70 heavy (non-hydrogen) atoms. The van der Waals surface area contributed by atoms with Gasteiger partial charge in [0, 0.05) is 44.4 Å². The molecule has 3 fully saturated rings. The van der Waals surface area contributed by atoms with Crippen molar-refractivity contribution in [3.05, 3.63) is 83.9 Å². The summed E-state index contributed by atoms with van der Waals surface area (Å²) in [7, 11) is 3.73. The fraction of sp³-hybridized carbons (Fsp3) is 0.538. The molecule has 0 spiro atoms. The molecule has 18 heteroatoms. The van der Waals surface area contributed by atoms with Gasteiger partial charge >= 0.3 is 12.2 Å². The van der Waals surface area contributed by atoms with Crippen LogP contribution >= 0.6 is 0 Å². The lowest BCUT2D eigenvalue weighted by atomic mass is 10.0. The Morgan fingerprint density at radius 2 is 0.957 bits per heavy atom. The van der Waals surface area contributed by atoms with Gasteiger partial charge in [-0.2, -0.15) is 0 Å². The third-order valence-corrected chi connectivity index (χ3v) is 20.7. The maximum atomic E-state index is 13.8. The van der Waals surface area contributed by atoms with Crippen molar-refractivity contribution in [3.63, 3.8) is 0 Å². The summed E-state index contributed by atoms with van der Waals surface area (Å²) in [5.41, 5.74) is 4.52. The third-order valence-electron chi connectivity index (χ3n) is 15.1. The average molecular weight is 984 g/mol. The van der Waals surface area contributed by atoms with Gasteiger partial charge in [-0.05, 0) is 99.9 Å². The van der Waals surface area contributed by atoms with Crippen LogP contribution in [0, 0.1) is 0 Å². The molecule has 0 radical (unpaired) electrons. The molecule has 380 valence electrons. The number of likely N-dealkylation sites (tertiary alicyclic amines) is 2. The van der Waals surface area contributed by atoms with Crippen LogP contribution in [-0.4, -0.2) is 132 Å². The number of hydrogen-bond donors (Lipinski definition) is 4. The normalized spacial score (nSPS) is 20.8. The molecule has 8 atom stereocenters. The maximum absolute atomic E-state index is 13.8. The van der Waals surface area contributed by atoms with E-state index in [1.165, 1.54) is 61.6 Å². The quantitative estimate of drug-likeness (QED) is 0.0916. The largest absolute Gasteiger partial charge is 0.453 e. The zero-order valence-corrected chi connectivity index (χ0v) is 43.2. The van der Waals surface area contributed by atoms with E-state index in [1.807, 2.05) is 24.3 Å². The predicted octanol–water partition coefficient (Wildman–Crippen LogP) is 6.86. The van der Waals surface area contributed by atoms with E-state index in [-0.39, 0.29) is 23.9 Å². The second kappa shape index (κ2) is 24.2. The lowest BCUT2D eigenvalue weighted by Crippen LogP contribution is -2.56. The van der Waals surface area contributed by atoms with E-state index >= 15 is 0 Å². The van der Waals surface area contributed by atoms with Gasteiger partial charge in [-0.3, -0.25) is 19.2 Å². The van der Waals surface area contributed by atoms with Crippen LogP contribution in [0.25, 0.3) is 0 Å². The standard InChI is InChI=1S/C52H73N7O10Si/c1-10-70(11-2,12-3)40-27-25-39(26-28-40)59-41(35-17-21-37(22-18-35)53-47(60)43-15-13-31-57(43)49(62)45(33(4)66-6)55-51(64)68-8)29-30-42(59)36-19-23-38(24-20-36)54-48(61)44-16-14-32-58(44)50(63)46(34(5)67-7)56-52(65)69-9/h17-28,33-34,41-46H,10-16,29-32H2,1-9H3,(H,53,60)(H,54,61)(H,55,64)(H,56,65)/t33-,34-,41+,42+,43+,44+,45+,46+/m1/s1. The molecule has 0 bridgehead atoms. The number of alkyl carbamates (subject to hydrolysis) is 2. The number of anilines is 3. The summed E-state index contributed by atoms with van der Waals surface area (Å²) < 4.78 is 20.3. The lowest BCUT2D eigenvalue weighted by Gasteiger charge is -2.35. The molecule has 6 amide bonds. The molecule has 4 N–H and O–H groups in total. The van der Waals surface area contributed by atoms with E-state index in [4.69, 9.17) is 18.9 Å². The number of carbonyl (C=O) groups is 6. The zero-order chi connectivity index (χ0) is 50.7. The van der Waals surface area contributed by atoms with Crippen molar-refractivity contribution in [3.8, 4) is 0 Å². The van der Waals surface area contributed by atoms with Gasteiger partial charge in [0.05, 0.1) is 46.6 Å². The monoisotopic (exact) mass is 984 g/mol. The van der Waals surface area contributed by atoms with Crippen molar-refractivity contribution < 1.29 is 47.7 Å². The molecule has 17 nitrogen and oxygen atoms in total. The number of nitrogens with zero attached hydrogens (tertiary/aromatic N) is 3. The molecular formula is C52H73N7O10Si. The second-order valence-corrected chi connectivity index (χ2v) is 23.9. The number of hydrogen-bond acceptors (Lipinski definition) is 11. The average Bonchev–Trinajstić information content (AvgIpc) is 4.19. The van der Waals surface area contributed by atoms with Crippen LogP contribution in [0.4, 0.5) is 26.7 Å². The Labute approximate surface area is 413 Å². The van der Waals surface area contributed by atoms with Gasteiger partial charge in [0.25, 0.3) is 0 Å². The molecule has 0 aromatic heterocycles. The Morgan fingerprint density at radius 1 is 0.571 bits per heavy atom. The first kappa shape index (κ1) is 53.4. The maximum Gasteiger partial charge on any atom is 0.407 e. The number of benzene rings is 3. The predicted molar refractivity (Wildman–Crippen MR) is 272 cm³/mol. The van der Waals surface area contributed by atoms with Gasteiger partial charge in [0.2, 0.25) is 23.6 Å². The van der Waals surface area contributed by atoms with Crippen molar-refractivity contribution in [1.82, 2.24) is 20.4 Å². The Hall–Kier alpha value is -5.98. The van der Waals surface area contributed by atoms with Crippen LogP contribution in [0.5, 0.6) is 0 Å². The van der Waals surface area contributed by atoms with E-state index in [9.17, 15) is 28.8 Å². The summed E-state index contributed by atoms with van der Waals surface area (Å²) in [4.78, 5) is 84.7. The molecule has 0 saturated carbocycles. The highest BCUT2D eigenvalue weighted by atomic mass is 28.3. The lowest BCUT2D eigenvalue weighted by molar-refractivity contribution is -0.141. The van der Waals surface area contributed by atoms with E-state index in [0.29, 0.717) is 50.1 Å². The van der Waals surface area contributed by atoms with Gasteiger partial charge < -0.3 is 54.9 Å². The summed E-state index contributed by atoms with van der Waals surface area (Å²) >= 11 is 0. The molecule has 0 aliphatic carbocycles. The van der Waals surface area contributed by atoms with Crippen LogP contribution in [-0.2, 0) is 38.1 Å². The Bertz CT molecular complexity index is 2140. The summed E-state index contributed by atoms with van der Waals surface area (Å²) in [6.07, 6.45) is 1.16. The van der Waals surface area contributed by atoms with Crippen molar-refractivity contribution in [2.24, 2.45) is 0 Å². The van der Waals surface area contributed by atoms with Crippen LogP contribution in [0.2, 0.25) is 18.1 Å². The van der Waals surface area contributed by atoms with Gasteiger partial charge in [-0.1, -0.05) is 80.5 Å². The van der Waals surface area contributed by atoms with E-state index in [1.54, 1.807) is 13.8 Å². The first-order valence-electron chi connectivity index (χ1n) is 24.7. The summed E-state index contributed by atoms with van der Waals surface area (Å²) in [5.74, 6) is -1.43. The fourth-order valence-electron chi connectivity index (χ4n) is 10.6. The van der Waals surface area contributed by atoms with Crippen molar-refractivity contribution >= 4 is 66.1 Å². The van der Waals surface area contributed by atoms with Crippen molar-refractivity contribution in [1.29, 1.82) is 0 Å². The summed E-state index contributed by atoms with van der Waals surface area (Å²) in [6.45, 7) is 11.1. The Kier molecular flexibility index (Phi) is 18.5. The minimum absolute atomic E-state index is 0.0136. The molecule has 3 aliphatic heterocycles. The number of methoxy groups -OCH3 is 4. The first-order valence-corrected chi connectivity index (χ1v) is 27.4. The summed E-state index contributed by atoms with van der Waals surface area (Å²) in [6, 6.07) is 25.2. The highest BCUT2D eigenvalue weighted by Crippen LogP contribution is 2.47. The molecule has 3 saturated heterocycles.